The van der Waals surface area contributed by atoms with E-state index in [1.54, 1.807) is 6.07 Å². The molecule has 0 unspecified atom stereocenters. The summed E-state index contributed by atoms with van der Waals surface area (Å²) >= 11 is 0. The summed E-state index contributed by atoms with van der Waals surface area (Å²) in [5.41, 5.74) is 0.732. The van der Waals surface area contributed by atoms with Crippen LogP contribution < -0.4 is 5.32 Å². The summed E-state index contributed by atoms with van der Waals surface area (Å²) in [5, 5.41) is 11.5. The lowest BCUT2D eigenvalue weighted by molar-refractivity contribution is -0.135. The maximum atomic E-state index is 11.0. The van der Waals surface area contributed by atoms with Gasteiger partial charge < -0.3 is 10.1 Å². The number of nitrogens with zero attached hydrogens (tertiary/aromatic N) is 1. The average molecular weight is 202 g/mol. The second-order valence-electron chi connectivity index (χ2n) is 2.67. The third kappa shape index (κ3) is 3.16. The molecular formula is C11H10N2O2. The molecule has 4 nitrogen and oxygen atoms in total. The van der Waals surface area contributed by atoms with Gasteiger partial charge in [-0.05, 0) is 12.1 Å². The Bertz CT molecular complexity index is 404. The minimum absolute atomic E-state index is 0.0682. The summed E-state index contributed by atoms with van der Waals surface area (Å²) in [6.45, 7) is 0. The molecule has 0 heterocycles. The van der Waals surface area contributed by atoms with Crippen LogP contribution in [-0.4, -0.2) is 13.1 Å². The SMILES string of the molecule is COC(=O)C(C#N)=CNc1ccccc1. The van der Waals surface area contributed by atoms with E-state index in [1.807, 2.05) is 30.3 Å². The first kappa shape index (κ1) is 10.8. The molecule has 0 aromatic heterocycles. The van der Waals surface area contributed by atoms with Gasteiger partial charge in [0.2, 0.25) is 0 Å². The Morgan fingerprint density at radius 1 is 1.47 bits per heavy atom. The summed E-state index contributed by atoms with van der Waals surface area (Å²) in [6, 6.07) is 11.0. The molecule has 0 spiro atoms. The van der Waals surface area contributed by atoms with E-state index in [0.29, 0.717) is 0 Å². The van der Waals surface area contributed by atoms with Crippen molar-refractivity contribution in [2.45, 2.75) is 0 Å². The van der Waals surface area contributed by atoms with E-state index in [4.69, 9.17) is 5.26 Å². The van der Waals surface area contributed by atoms with Gasteiger partial charge in [-0.1, -0.05) is 18.2 Å². The highest BCUT2D eigenvalue weighted by Gasteiger charge is 2.07. The lowest BCUT2D eigenvalue weighted by Crippen LogP contribution is -2.04. The summed E-state index contributed by atoms with van der Waals surface area (Å²) in [5.74, 6) is -0.652. The number of benzene rings is 1. The molecular weight excluding hydrogens is 192 g/mol. The molecule has 0 saturated carbocycles. The van der Waals surface area contributed by atoms with Gasteiger partial charge in [-0.15, -0.1) is 0 Å². The van der Waals surface area contributed by atoms with Gasteiger partial charge >= 0.3 is 5.97 Å². The van der Waals surface area contributed by atoms with E-state index in [0.717, 1.165) is 5.69 Å². The Kier molecular flexibility index (Phi) is 3.92. The van der Waals surface area contributed by atoms with Crippen molar-refractivity contribution >= 4 is 11.7 Å². The van der Waals surface area contributed by atoms with Gasteiger partial charge in [0.25, 0.3) is 0 Å². The molecule has 0 aliphatic heterocycles. The standard InChI is InChI=1S/C11H10N2O2/c1-15-11(14)9(7-12)8-13-10-5-3-2-4-6-10/h2-6,8,13H,1H3. The summed E-state index contributed by atoms with van der Waals surface area (Å²) in [4.78, 5) is 11.0. The fraction of sp³-hybridized carbons (Fsp3) is 0.0909. The molecule has 0 atom stereocenters. The highest BCUT2D eigenvalue weighted by Crippen LogP contribution is 2.06. The number of esters is 1. The molecule has 1 N–H and O–H groups in total. The van der Waals surface area contributed by atoms with E-state index in [9.17, 15) is 4.79 Å². The summed E-state index contributed by atoms with van der Waals surface area (Å²) in [6.07, 6.45) is 1.32. The van der Waals surface area contributed by atoms with Gasteiger partial charge in [0.1, 0.15) is 6.07 Å². The maximum absolute atomic E-state index is 11.0. The van der Waals surface area contributed by atoms with Gasteiger partial charge in [0.15, 0.2) is 5.57 Å². The Hall–Kier alpha value is -2.28. The predicted octanol–water partition coefficient (Wildman–Crippen LogP) is 1.68. The first-order chi connectivity index (χ1) is 7.27. The van der Waals surface area contributed by atoms with Gasteiger partial charge in [0, 0.05) is 11.9 Å². The van der Waals surface area contributed by atoms with E-state index in [-0.39, 0.29) is 5.57 Å². The predicted molar refractivity (Wildman–Crippen MR) is 55.8 cm³/mol. The number of rotatable bonds is 3. The van der Waals surface area contributed by atoms with Crippen molar-refractivity contribution in [2.24, 2.45) is 0 Å². The molecule has 1 aromatic rings. The normalized spacial score (nSPS) is 10.3. The number of anilines is 1. The molecule has 76 valence electrons. The average Bonchev–Trinajstić information content (AvgIpc) is 2.31. The molecule has 15 heavy (non-hydrogen) atoms. The molecule has 0 amide bonds. The Balaban J connectivity index is 2.72. The van der Waals surface area contributed by atoms with Crippen LogP contribution in [0.15, 0.2) is 42.1 Å². The molecule has 0 radical (unpaired) electrons. The van der Waals surface area contributed by atoms with Crippen LogP contribution in [0.5, 0.6) is 0 Å². The minimum atomic E-state index is -0.652. The van der Waals surface area contributed by atoms with Crippen LogP contribution in [0.2, 0.25) is 0 Å². The monoisotopic (exact) mass is 202 g/mol. The summed E-state index contributed by atoms with van der Waals surface area (Å²) in [7, 11) is 1.23. The molecule has 4 heteroatoms. The second kappa shape index (κ2) is 5.45. The van der Waals surface area contributed by atoms with Crippen molar-refractivity contribution in [3.05, 3.63) is 42.1 Å². The molecule has 0 saturated heterocycles. The Morgan fingerprint density at radius 3 is 2.67 bits per heavy atom. The number of methoxy groups -OCH3 is 1. The smallest absolute Gasteiger partial charge is 0.350 e. The molecule has 0 fully saturated rings. The fourth-order valence-electron chi connectivity index (χ4n) is 0.937. The van der Waals surface area contributed by atoms with Gasteiger partial charge in [-0.3, -0.25) is 0 Å². The zero-order valence-corrected chi connectivity index (χ0v) is 8.23. The topological polar surface area (TPSA) is 62.1 Å². The van der Waals surface area contributed by atoms with Crippen molar-refractivity contribution in [3.63, 3.8) is 0 Å². The molecule has 0 bridgehead atoms. The van der Waals surface area contributed by atoms with E-state index >= 15 is 0 Å². The quantitative estimate of drug-likeness (QED) is 0.460. The van der Waals surface area contributed by atoms with Crippen LogP contribution in [-0.2, 0) is 9.53 Å². The lowest BCUT2D eigenvalue weighted by Gasteiger charge is -2.00. The highest BCUT2D eigenvalue weighted by molar-refractivity contribution is 5.92. The fourth-order valence-corrected chi connectivity index (χ4v) is 0.937. The van der Waals surface area contributed by atoms with Gasteiger partial charge in [-0.25, -0.2) is 4.79 Å². The molecule has 1 aromatic carbocycles. The number of hydrogen-bond donors (Lipinski definition) is 1. The molecule has 0 aliphatic carbocycles. The van der Waals surface area contributed by atoms with Crippen molar-refractivity contribution in [1.82, 2.24) is 0 Å². The minimum Gasteiger partial charge on any atom is -0.465 e. The van der Waals surface area contributed by atoms with Crippen LogP contribution in [0.1, 0.15) is 0 Å². The third-order valence-electron chi connectivity index (χ3n) is 1.68. The number of ether oxygens (including phenoxy) is 1. The molecule has 1 rings (SSSR count). The zero-order chi connectivity index (χ0) is 11.1. The number of carbonyl (C=O) groups is 1. The van der Waals surface area contributed by atoms with E-state index < -0.39 is 5.97 Å². The number of nitrogens with one attached hydrogen (secondary N) is 1. The zero-order valence-electron chi connectivity index (χ0n) is 8.23. The van der Waals surface area contributed by atoms with Crippen molar-refractivity contribution in [2.75, 3.05) is 12.4 Å². The number of hydrogen-bond acceptors (Lipinski definition) is 4. The van der Waals surface area contributed by atoms with Crippen LogP contribution >= 0.6 is 0 Å². The number of carbonyl (C=O) groups excluding carboxylic acids is 1. The first-order valence-electron chi connectivity index (χ1n) is 4.28. The summed E-state index contributed by atoms with van der Waals surface area (Å²) < 4.78 is 4.42. The largest absolute Gasteiger partial charge is 0.465 e. The van der Waals surface area contributed by atoms with E-state index in [2.05, 4.69) is 10.1 Å². The van der Waals surface area contributed by atoms with Crippen LogP contribution in [0.3, 0.4) is 0 Å². The van der Waals surface area contributed by atoms with Crippen molar-refractivity contribution in [1.29, 1.82) is 5.26 Å². The van der Waals surface area contributed by atoms with Crippen molar-refractivity contribution < 1.29 is 9.53 Å². The van der Waals surface area contributed by atoms with Gasteiger partial charge in [0.05, 0.1) is 7.11 Å². The van der Waals surface area contributed by atoms with Crippen LogP contribution in [0, 0.1) is 11.3 Å². The first-order valence-corrected chi connectivity index (χ1v) is 4.28. The maximum Gasteiger partial charge on any atom is 0.350 e. The lowest BCUT2D eigenvalue weighted by atomic mass is 10.3. The van der Waals surface area contributed by atoms with Crippen molar-refractivity contribution in [3.8, 4) is 6.07 Å². The highest BCUT2D eigenvalue weighted by atomic mass is 16.5. The van der Waals surface area contributed by atoms with Crippen LogP contribution in [0.4, 0.5) is 5.69 Å². The molecule has 0 aliphatic rings. The van der Waals surface area contributed by atoms with E-state index in [1.165, 1.54) is 13.3 Å². The Morgan fingerprint density at radius 2 is 2.13 bits per heavy atom. The second-order valence-corrected chi connectivity index (χ2v) is 2.67. The van der Waals surface area contributed by atoms with Gasteiger partial charge in [-0.2, -0.15) is 5.26 Å². The number of para-hydroxylation sites is 1. The third-order valence-corrected chi connectivity index (χ3v) is 1.68. The number of nitriles is 1. The van der Waals surface area contributed by atoms with Crippen LogP contribution in [0.25, 0.3) is 0 Å². The Labute approximate surface area is 87.8 Å².